The normalized spacial score (nSPS) is 10.6. The number of nitrogens with zero attached hydrogens (tertiary/aromatic N) is 2. The fourth-order valence-electron chi connectivity index (χ4n) is 2.28. The number of hydrogen-bond acceptors (Lipinski definition) is 5. The average molecular weight is 387 g/mol. The van der Waals surface area contributed by atoms with Crippen LogP contribution in [-0.4, -0.2) is 16.1 Å². The largest absolute Gasteiger partial charge is 0.454 e. The van der Waals surface area contributed by atoms with Crippen molar-refractivity contribution in [3.63, 3.8) is 0 Å². The van der Waals surface area contributed by atoms with E-state index in [9.17, 15) is 4.79 Å². The minimum atomic E-state index is -0.430. The minimum absolute atomic E-state index is 0.0210. The number of pyridine rings is 1. The van der Waals surface area contributed by atoms with Gasteiger partial charge in [0, 0.05) is 21.8 Å². The zero-order valence-corrected chi connectivity index (χ0v) is 14.8. The quantitative estimate of drug-likeness (QED) is 0.618. The number of halogens is 1. The molecule has 0 aliphatic heterocycles. The van der Waals surface area contributed by atoms with Gasteiger partial charge >= 0.3 is 5.97 Å². The molecule has 2 heterocycles. The number of hydrogen-bond donors (Lipinski definition) is 0. The predicted molar refractivity (Wildman–Crippen MR) is 92.5 cm³/mol. The van der Waals surface area contributed by atoms with Crippen molar-refractivity contribution in [1.29, 1.82) is 0 Å². The molecule has 24 heavy (non-hydrogen) atoms. The lowest BCUT2D eigenvalue weighted by molar-refractivity contribution is 0.0436. The van der Waals surface area contributed by atoms with E-state index in [-0.39, 0.29) is 6.61 Å². The number of benzene rings is 1. The van der Waals surface area contributed by atoms with Crippen LogP contribution in [0.15, 0.2) is 51.5 Å². The fourth-order valence-corrected chi connectivity index (χ4v) is 2.68. The zero-order valence-electron chi connectivity index (χ0n) is 13.2. The van der Waals surface area contributed by atoms with Gasteiger partial charge in [-0.3, -0.25) is 4.98 Å². The molecule has 0 saturated heterocycles. The molecule has 3 rings (SSSR count). The Kier molecular flexibility index (Phi) is 4.76. The summed E-state index contributed by atoms with van der Waals surface area (Å²) in [6.07, 6.45) is 0. The van der Waals surface area contributed by atoms with Crippen molar-refractivity contribution in [2.75, 3.05) is 0 Å². The SMILES string of the molecule is Cc1ccc(C(=O)OCc2cc(-c3cccc(Br)c3)no2)c(C)n1. The van der Waals surface area contributed by atoms with Crippen LogP contribution in [0.4, 0.5) is 0 Å². The van der Waals surface area contributed by atoms with E-state index in [0.29, 0.717) is 22.7 Å². The molecule has 0 spiro atoms. The molecule has 0 aliphatic carbocycles. The number of aryl methyl sites for hydroxylation is 2. The number of rotatable bonds is 4. The van der Waals surface area contributed by atoms with Gasteiger partial charge in [-0.2, -0.15) is 0 Å². The molecule has 0 bridgehead atoms. The first kappa shape index (κ1) is 16.4. The van der Waals surface area contributed by atoms with Gasteiger partial charge in [0.1, 0.15) is 5.69 Å². The third-order valence-electron chi connectivity index (χ3n) is 3.47. The molecule has 2 aromatic heterocycles. The number of aromatic nitrogens is 2. The molecule has 0 N–H and O–H groups in total. The van der Waals surface area contributed by atoms with E-state index in [2.05, 4.69) is 26.1 Å². The van der Waals surface area contributed by atoms with Gasteiger partial charge < -0.3 is 9.26 Å². The van der Waals surface area contributed by atoms with Crippen LogP contribution in [0.1, 0.15) is 27.5 Å². The Balaban J connectivity index is 1.68. The Morgan fingerprint density at radius 2 is 2.04 bits per heavy atom. The summed E-state index contributed by atoms with van der Waals surface area (Å²) in [5.74, 6) is 0.0523. The summed E-state index contributed by atoms with van der Waals surface area (Å²) in [7, 11) is 0. The van der Waals surface area contributed by atoms with Crippen molar-refractivity contribution < 1.29 is 14.1 Å². The van der Waals surface area contributed by atoms with E-state index in [1.54, 1.807) is 25.1 Å². The summed E-state index contributed by atoms with van der Waals surface area (Å²) < 4.78 is 11.5. The molecule has 5 nitrogen and oxygen atoms in total. The summed E-state index contributed by atoms with van der Waals surface area (Å²) in [5, 5.41) is 4.01. The summed E-state index contributed by atoms with van der Waals surface area (Å²) >= 11 is 3.42. The molecule has 0 aliphatic rings. The highest BCUT2D eigenvalue weighted by Crippen LogP contribution is 2.23. The van der Waals surface area contributed by atoms with Gasteiger partial charge in [0.15, 0.2) is 12.4 Å². The van der Waals surface area contributed by atoms with E-state index < -0.39 is 5.97 Å². The first-order valence-electron chi connectivity index (χ1n) is 7.36. The number of esters is 1. The van der Waals surface area contributed by atoms with Gasteiger partial charge in [0.25, 0.3) is 0 Å². The number of carbonyl (C=O) groups excluding carboxylic acids is 1. The first-order chi connectivity index (χ1) is 11.5. The number of carbonyl (C=O) groups is 1. The van der Waals surface area contributed by atoms with Gasteiger partial charge in [-0.15, -0.1) is 0 Å². The Bertz CT molecular complexity index is 889. The summed E-state index contributed by atoms with van der Waals surface area (Å²) in [5.41, 5.74) is 3.57. The van der Waals surface area contributed by atoms with E-state index in [1.165, 1.54) is 0 Å². The summed E-state index contributed by atoms with van der Waals surface area (Å²) in [6.45, 7) is 3.68. The van der Waals surface area contributed by atoms with Crippen molar-refractivity contribution in [3.8, 4) is 11.3 Å². The van der Waals surface area contributed by atoms with Crippen LogP contribution in [0.2, 0.25) is 0 Å². The van der Waals surface area contributed by atoms with Crippen LogP contribution in [0.25, 0.3) is 11.3 Å². The Morgan fingerprint density at radius 1 is 1.21 bits per heavy atom. The minimum Gasteiger partial charge on any atom is -0.454 e. The van der Waals surface area contributed by atoms with Gasteiger partial charge in [-0.25, -0.2) is 4.79 Å². The summed E-state index contributed by atoms with van der Waals surface area (Å²) in [4.78, 5) is 16.4. The second kappa shape index (κ2) is 6.97. The second-order valence-corrected chi connectivity index (χ2v) is 6.27. The van der Waals surface area contributed by atoms with Crippen LogP contribution in [0.3, 0.4) is 0 Å². The van der Waals surface area contributed by atoms with Crippen LogP contribution in [0.5, 0.6) is 0 Å². The van der Waals surface area contributed by atoms with Gasteiger partial charge in [0.2, 0.25) is 0 Å². The smallest absolute Gasteiger partial charge is 0.340 e. The van der Waals surface area contributed by atoms with Gasteiger partial charge in [0.05, 0.1) is 11.3 Å². The van der Waals surface area contributed by atoms with Crippen molar-refractivity contribution in [2.24, 2.45) is 0 Å². The molecule has 0 radical (unpaired) electrons. The lowest BCUT2D eigenvalue weighted by Gasteiger charge is -2.05. The molecule has 6 heteroatoms. The zero-order chi connectivity index (χ0) is 17.1. The number of ether oxygens (including phenoxy) is 1. The van der Waals surface area contributed by atoms with Crippen LogP contribution < -0.4 is 0 Å². The van der Waals surface area contributed by atoms with E-state index >= 15 is 0 Å². The van der Waals surface area contributed by atoms with Crippen LogP contribution in [0, 0.1) is 13.8 Å². The van der Waals surface area contributed by atoms with Gasteiger partial charge in [-0.1, -0.05) is 33.2 Å². The van der Waals surface area contributed by atoms with Crippen molar-refractivity contribution in [1.82, 2.24) is 10.1 Å². The monoisotopic (exact) mass is 386 g/mol. The fraction of sp³-hybridized carbons (Fsp3) is 0.167. The molecule has 1 aromatic carbocycles. The molecule has 0 atom stereocenters. The lowest BCUT2D eigenvalue weighted by Crippen LogP contribution is -2.08. The van der Waals surface area contributed by atoms with Crippen molar-refractivity contribution in [2.45, 2.75) is 20.5 Å². The standard InChI is InChI=1S/C18H15BrN2O3/c1-11-6-7-16(12(2)20-11)18(22)23-10-15-9-17(21-24-15)13-4-3-5-14(19)8-13/h3-9H,10H2,1-2H3. The van der Waals surface area contributed by atoms with E-state index in [1.807, 2.05) is 31.2 Å². The van der Waals surface area contributed by atoms with Crippen molar-refractivity contribution >= 4 is 21.9 Å². The highest BCUT2D eigenvalue weighted by atomic mass is 79.9. The van der Waals surface area contributed by atoms with E-state index in [4.69, 9.17) is 9.26 Å². The lowest BCUT2D eigenvalue weighted by atomic mass is 10.1. The highest BCUT2D eigenvalue weighted by Gasteiger charge is 2.14. The molecular formula is C18H15BrN2O3. The topological polar surface area (TPSA) is 65.2 Å². The molecule has 0 saturated carbocycles. The van der Waals surface area contributed by atoms with Crippen molar-refractivity contribution in [3.05, 3.63) is 69.6 Å². The Labute approximate surface area is 147 Å². The maximum absolute atomic E-state index is 12.1. The molecule has 3 aromatic rings. The van der Waals surface area contributed by atoms with E-state index in [0.717, 1.165) is 15.7 Å². The molecule has 0 fully saturated rings. The van der Waals surface area contributed by atoms with Gasteiger partial charge in [-0.05, 0) is 38.1 Å². The Hall–Kier alpha value is -2.47. The van der Waals surface area contributed by atoms with Crippen LogP contribution in [-0.2, 0) is 11.3 Å². The third kappa shape index (κ3) is 3.71. The highest BCUT2D eigenvalue weighted by molar-refractivity contribution is 9.10. The molecular weight excluding hydrogens is 372 g/mol. The molecule has 0 unspecified atom stereocenters. The molecule has 122 valence electrons. The second-order valence-electron chi connectivity index (χ2n) is 5.35. The Morgan fingerprint density at radius 3 is 2.79 bits per heavy atom. The maximum atomic E-state index is 12.1. The average Bonchev–Trinajstić information content (AvgIpc) is 3.01. The van der Waals surface area contributed by atoms with Crippen LogP contribution >= 0.6 is 15.9 Å². The summed E-state index contributed by atoms with van der Waals surface area (Å²) in [6, 6.07) is 13.0. The molecule has 0 amide bonds. The third-order valence-corrected chi connectivity index (χ3v) is 3.96. The maximum Gasteiger partial charge on any atom is 0.340 e. The first-order valence-corrected chi connectivity index (χ1v) is 8.15. The predicted octanol–water partition coefficient (Wildman–Crippen LogP) is 4.47.